The van der Waals surface area contributed by atoms with Crippen molar-refractivity contribution >= 4 is 0 Å². The SMILES string of the molecule is CC(C)(C)C1=CC(=C2C=C[N+](=O)C=C2)C=C(C(C)(C)C)O1. The van der Waals surface area contributed by atoms with Crippen molar-refractivity contribution in [2.75, 3.05) is 0 Å². The number of nitrogens with zero attached hydrogens (tertiary/aromatic N) is 1. The molecule has 0 aromatic rings. The molecule has 2 rings (SSSR count). The van der Waals surface area contributed by atoms with Crippen LogP contribution in [0.3, 0.4) is 0 Å². The summed E-state index contributed by atoms with van der Waals surface area (Å²) in [5, 5.41) is 0. The first-order valence-electron chi connectivity index (χ1n) is 7.26. The standard InChI is InChI=1S/C18H24NO2/c1-17(2,3)15-11-14(12-16(21-15)18(4,5)6)13-7-9-19(20)10-8-13/h7-12H,1-6H3/q+1. The summed E-state index contributed by atoms with van der Waals surface area (Å²) in [4.78, 5) is 11.2. The van der Waals surface area contributed by atoms with Gasteiger partial charge in [-0.25, -0.2) is 0 Å². The van der Waals surface area contributed by atoms with Crippen LogP contribution in [-0.4, -0.2) is 4.76 Å². The summed E-state index contributed by atoms with van der Waals surface area (Å²) in [5.41, 5.74) is 1.97. The second-order valence-corrected chi connectivity index (χ2v) is 7.52. The summed E-state index contributed by atoms with van der Waals surface area (Å²) in [7, 11) is 0. The van der Waals surface area contributed by atoms with Crippen molar-refractivity contribution in [3.63, 3.8) is 0 Å². The third-order valence-electron chi connectivity index (χ3n) is 3.41. The molecule has 0 N–H and O–H groups in total. The number of allylic oxidation sites excluding steroid dienone is 8. The summed E-state index contributed by atoms with van der Waals surface area (Å²) in [6.07, 6.45) is 10.8. The quantitative estimate of drug-likeness (QED) is 0.587. The Hall–Kier alpha value is -1.90. The molecule has 0 spiro atoms. The van der Waals surface area contributed by atoms with Crippen LogP contribution >= 0.6 is 0 Å². The third-order valence-corrected chi connectivity index (χ3v) is 3.41. The summed E-state index contributed by atoms with van der Waals surface area (Å²) in [5.74, 6) is 1.90. The van der Waals surface area contributed by atoms with Gasteiger partial charge in [-0.05, 0) is 23.3 Å². The lowest BCUT2D eigenvalue weighted by atomic mass is 9.86. The third kappa shape index (κ3) is 3.60. The molecular weight excluding hydrogens is 262 g/mol. The fourth-order valence-electron chi connectivity index (χ4n) is 2.01. The van der Waals surface area contributed by atoms with Crippen LogP contribution in [0.15, 0.2) is 59.4 Å². The van der Waals surface area contributed by atoms with E-state index in [9.17, 15) is 4.91 Å². The van der Waals surface area contributed by atoms with Gasteiger partial charge in [0.15, 0.2) is 0 Å². The molecular formula is C18H24NO2+. The fourth-order valence-corrected chi connectivity index (χ4v) is 2.01. The van der Waals surface area contributed by atoms with Gasteiger partial charge < -0.3 is 4.74 Å². The first-order chi connectivity index (χ1) is 9.57. The maximum Gasteiger partial charge on any atom is 0.228 e. The molecule has 2 heterocycles. The van der Waals surface area contributed by atoms with Crippen LogP contribution in [-0.2, 0) is 4.74 Å². The zero-order valence-electron chi connectivity index (χ0n) is 13.7. The highest BCUT2D eigenvalue weighted by Crippen LogP contribution is 2.39. The van der Waals surface area contributed by atoms with Gasteiger partial charge in [0.05, 0.1) is 4.76 Å². The predicted molar refractivity (Wildman–Crippen MR) is 85.1 cm³/mol. The molecule has 3 heteroatoms. The highest BCUT2D eigenvalue weighted by Gasteiger charge is 2.29. The number of rotatable bonds is 0. The monoisotopic (exact) mass is 286 g/mol. The summed E-state index contributed by atoms with van der Waals surface area (Å²) >= 11 is 0. The van der Waals surface area contributed by atoms with E-state index in [4.69, 9.17) is 4.74 Å². The van der Waals surface area contributed by atoms with Gasteiger partial charge in [-0.15, -0.1) is 0 Å². The molecule has 0 fully saturated rings. The Morgan fingerprint density at radius 3 is 1.62 bits per heavy atom. The van der Waals surface area contributed by atoms with Crippen molar-refractivity contribution < 1.29 is 9.50 Å². The van der Waals surface area contributed by atoms with Crippen molar-refractivity contribution in [3.05, 3.63) is 64.3 Å². The average molecular weight is 286 g/mol. The highest BCUT2D eigenvalue weighted by molar-refractivity contribution is 5.50. The smallest absolute Gasteiger partial charge is 0.228 e. The Balaban J connectivity index is 2.54. The number of nitroso groups, excluding NO2 is 1. The molecule has 0 aromatic carbocycles. The molecule has 2 aliphatic heterocycles. The molecule has 2 aliphatic rings. The Labute approximate surface area is 127 Å². The van der Waals surface area contributed by atoms with Crippen LogP contribution in [0.2, 0.25) is 0 Å². The molecule has 0 radical (unpaired) electrons. The topological polar surface area (TPSA) is 29.3 Å². The minimum atomic E-state index is -0.0662. The molecule has 0 bridgehead atoms. The summed E-state index contributed by atoms with van der Waals surface area (Å²) in [6.45, 7) is 12.8. The zero-order chi connectivity index (χ0) is 15.8. The molecule has 21 heavy (non-hydrogen) atoms. The van der Waals surface area contributed by atoms with Crippen molar-refractivity contribution in [2.45, 2.75) is 41.5 Å². The lowest BCUT2D eigenvalue weighted by molar-refractivity contribution is -0.403. The van der Waals surface area contributed by atoms with Crippen molar-refractivity contribution in [1.29, 1.82) is 0 Å². The lowest BCUT2D eigenvalue weighted by Crippen LogP contribution is -2.21. The van der Waals surface area contributed by atoms with E-state index in [0.29, 0.717) is 0 Å². The minimum Gasteiger partial charge on any atom is -0.465 e. The molecule has 0 amide bonds. The van der Waals surface area contributed by atoms with Gasteiger partial charge in [0.2, 0.25) is 12.4 Å². The van der Waals surface area contributed by atoms with E-state index in [2.05, 4.69) is 53.7 Å². The largest absolute Gasteiger partial charge is 0.465 e. The fraction of sp³-hybridized carbons (Fsp3) is 0.444. The van der Waals surface area contributed by atoms with Gasteiger partial charge in [0.25, 0.3) is 0 Å². The van der Waals surface area contributed by atoms with Gasteiger partial charge in [-0.2, -0.15) is 0 Å². The molecule has 0 aliphatic carbocycles. The minimum absolute atomic E-state index is 0.0662. The average Bonchev–Trinajstić information content (AvgIpc) is 2.37. The number of hydrogen-bond acceptors (Lipinski definition) is 2. The van der Waals surface area contributed by atoms with Crippen molar-refractivity contribution in [3.8, 4) is 0 Å². The zero-order valence-corrected chi connectivity index (χ0v) is 13.7. The van der Waals surface area contributed by atoms with E-state index in [1.54, 1.807) is 0 Å². The first kappa shape index (κ1) is 15.5. The second-order valence-electron chi connectivity index (χ2n) is 7.52. The normalized spacial score (nSPS) is 19.4. The number of ether oxygens (including phenoxy) is 1. The Bertz CT molecular complexity index is 565. The van der Waals surface area contributed by atoms with E-state index in [-0.39, 0.29) is 10.8 Å². The molecule has 0 atom stereocenters. The van der Waals surface area contributed by atoms with Crippen LogP contribution < -0.4 is 0 Å². The van der Waals surface area contributed by atoms with Crippen LogP contribution in [0.4, 0.5) is 0 Å². The highest BCUT2D eigenvalue weighted by atomic mass is 16.5. The maximum absolute atomic E-state index is 11.2. The molecule has 0 aromatic heterocycles. The molecule has 0 saturated heterocycles. The maximum atomic E-state index is 11.2. The van der Waals surface area contributed by atoms with E-state index in [1.165, 1.54) is 12.4 Å². The van der Waals surface area contributed by atoms with Crippen LogP contribution in [0.1, 0.15) is 41.5 Å². The number of hydrogen-bond donors (Lipinski definition) is 0. The van der Waals surface area contributed by atoms with E-state index in [1.807, 2.05) is 12.2 Å². The summed E-state index contributed by atoms with van der Waals surface area (Å²) in [6, 6.07) is 0. The lowest BCUT2D eigenvalue weighted by Gasteiger charge is -2.33. The molecule has 3 nitrogen and oxygen atoms in total. The second kappa shape index (κ2) is 5.14. The van der Waals surface area contributed by atoms with Gasteiger partial charge in [-0.1, -0.05) is 41.5 Å². The van der Waals surface area contributed by atoms with Gasteiger partial charge in [0.1, 0.15) is 11.5 Å². The predicted octanol–water partition coefficient (Wildman–Crippen LogP) is 4.99. The first-order valence-corrected chi connectivity index (χ1v) is 7.26. The van der Waals surface area contributed by atoms with Gasteiger partial charge in [0, 0.05) is 27.9 Å². The molecule has 0 unspecified atom stereocenters. The Morgan fingerprint density at radius 1 is 0.810 bits per heavy atom. The van der Waals surface area contributed by atoms with Crippen molar-refractivity contribution in [2.24, 2.45) is 10.8 Å². The van der Waals surface area contributed by atoms with E-state index in [0.717, 1.165) is 27.4 Å². The summed E-state index contributed by atoms with van der Waals surface area (Å²) < 4.78 is 6.92. The van der Waals surface area contributed by atoms with E-state index < -0.39 is 0 Å². The van der Waals surface area contributed by atoms with Gasteiger partial charge in [-0.3, -0.25) is 0 Å². The van der Waals surface area contributed by atoms with Crippen molar-refractivity contribution in [1.82, 2.24) is 0 Å². The van der Waals surface area contributed by atoms with E-state index >= 15 is 0 Å². The Kier molecular flexibility index (Phi) is 3.79. The Morgan fingerprint density at radius 2 is 1.24 bits per heavy atom. The van der Waals surface area contributed by atoms with Crippen LogP contribution in [0.5, 0.6) is 0 Å². The van der Waals surface area contributed by atoms with Crippen LogP contribution in [0, 0.1) is 15.7 Å². The van der Waals surface area contributed by atoms with Gasteiger partial charge >= 0.3 is 0 Å². The molecule has 0 saturated carbocycles. The molecule has 112 valence electrons. The van der Waals surface area contributed by atoms with Crippen LogP contribution in [0.25, 0.3) is 0 Å².